The maximum atomic E-state index is 12.6. The molecule has 0 aliphatic rings. The van der Waals surface area contributed by atoms with Crippen LogP contribution in [0.3, 0.4) is 0 Å². The first-order valence-electron chi connectivity index (χ1n) is 8.84. The Morgan fingerprint density at radius 1 is 1.24 bits per heavy atom. The lowest BCUT2D eigenvalue weighted by atomic mass is 10.1. The average Bonchev–Trinajstić information content (AvgIpc) is 3.06. The number of rotatable bonds is 6. The molecule has 0 aliphatic carbocycles. The second-order valence-corrected chi connectivity index (χ2v) is 10.0. The van der Waals surface area contributed by atoms with E-state index in [0.717, 1.165) is 11.3 Å². The molecule has 2 heterocycles. The third-order valence-electron chi connectivity index (χ3n) is 4.11. The summed E-state index contributed by atoms with van der Waals surface area (Å²) in [6, 6.07) is 4.76. The molecule has 0 fully saturated rings. The highest BCUT2D eigenvalue weighted by Crippen LogP contribution is 2.30. The van der Waals surface area contributed by atoms with Gasteiger partial charge in [-0.25, -0.2) is 28.1 Å². The zero-order valence-electron chi connectivity index (χ0n) is 16.6. The zero-order chi connectivity index (χ0) is 21.4. The summed E-state index contributed by atoms with van der Waals surface area (Å²) in [4.78, 5) is 13.3. The number of anilines is 1. The van der Waals surface area contributed by atoms with Gasteiger partial charge in [-0.1, -0.05) is 6.07 Å². The lowest BCUT2D eigenvalue weighted by molar-refractivity contribution is 0.0857. The van der Waals surface area contributed by atoms with Gasteiger partial charge in [0.1, 0.15) is 10.7 Å². The molecule has 1 aromatic carbocycles. The molecule has 0 bridgehead atoms. The summed E-state index contributed by atoms with van der Waals surface area (Å²) in [7, 11) is -3.80. The van der Waals surface area contributed by atoms with Crippen LogP contribution in [-0.2, 0) is 10.0 Å². The number of aryl methyl sites for hydroxylation is 2. The SMILES string of the molecule is Cc1csc(-c2nc(-c3cc(S(=O)(=O)NCC(C)(C)O)ccc3C)cnc2N)n1. The monoisotopic (exact) mass is 433 g/mol. The van der Waals surface area contributed by atoms with Gasteiger partial charge in [-0.05, 0) is 45.4 Å². The quantitative estimate of drug-likeness (QED) is 0.544. The van der Waals surface area contributed by atoms with Crippen molar-refractivity contribution in [3.63, 3.8) is 0 Å². The van der Waals surface area contributed by atoms with E-state index < -0.39 is 15.6 Å². The van der Waals surface area contributed by atoms with Crippen LogP contribution in [0.25, 0.3) is 22.0 Å². The molecule has 4 N–H and O–H groups in total. The van der Waals surface area contributed by atoms with E-state index in [4.69, 9.17) is 5.73 Å². The van der Waals surface area contributed by atoms with Gasteiger partial charge in [0.15, 0.2) is 5.82 Å². The molecular formula is C19H23N5O3S2. The summed E-state index contributed by atoms with van der Waals surface area (Å²) in [5.74, 6) is 0.261. The Morgan fingerprint density at radius 3 is 2.59 bits per heavy atom. The Balaban J connectivity index is 2.03. The Labute approximate surface area is 173 Å². The topological polar surface area (TPSA) is 131 Å². The van der Waals surface area contributed by atoms with Crippen LogP contribution in [0.4, 0.5) is 5.82 Å². The van der Waals surface area contributed by atoms with E-state index in [2.05, 4.69) is 19.7 Å². The van der Waals surface area contributed by atoms with Gasteiger partial charge in [-0.3, -0.25) is 0 Å². The minimum Gasteiger partial charge on any atom is -0.389 e. The van der Waals surface area contributed by atoms with Gasteiger partial charge in [0, 0.05) is 23.2 Å². The van der Waals surface area contributed by atoms with Crippen molar-refractivity contribution in [2.45, 2.75) is 38.2 Å². The summed E-state index contributed by atoms with van der Waals surface area (Å²) >= 11 is 1.42. The van der Waals surface area contributed by atoms with Gasteiger partial charge in [0.05, 0.1) is 22.4 Å². The van der Waals surface area contributed by atoms with Crippen molar-refractivity contribution < 1.29 is 13.5 Å². The Kier molecular flexibility index (Phi) is 5.72. The molecule has 3 rings (SSSR count). The highest BCUT2D eigenvalue weighted by molar-refractivity contribution is 7.89. The van der Waals surface area contributed by atoms with Crippen LogP contribution in [0.15, 0.2) is 34.7 Å². The van der Waals surface area contributed by atoms with Gasteiger partial charge in [-0.15, -0.1) is 11.3 Å². The van der Waals surface area contributed by atoms with Gasteiger partial charge < -0.3 is 10.8 Å². The number of nitrogens with zero attached hydrogens (tertiary/aromatic N) is 3. The van der Waals surface area contributed by atoms with Crippen molar-refractivity contribution in [3.05, 3.63) is 41.0 Å². The highest BCUT2D eigenvalue weighted by Gasteiger charge is 2.21. The lowest BCUT2D eigenvalue weighted by Gasteiger charge is -2.18. The van der Waals surface area contributed by atoms with E-state index >= 15 is 0 Å². The number of benzene rings is 1. The molecular weight excluding hydrogens is 410 g/mol. The van der Waals surface area contributed by atoms with E-state index in [-0.39, 0.29) is 17.3 Å². The number of hydrogen-bond acceptors (Lipinski definition) is 8. The minimum atomic E-state index is -3.80. The number of aromatic nitrogens is 3. The van der Waals surface area contributed by atoms with Crippen molar-refractivity contribution in [3.8, 4) is 22.0 Å². The summed E-state index contributed by atoms with van der Waals surface area (Å²) in [6.07, 6.45) is 1.52. The second kappa shape index (κ2) is 7.79. The van der Waals surface area contributed by atoms with E-state index in [9.17, 15) is 13.5 Å². The van der Waals surface area contributed by atoms with Crippen LogP contribution < -0.4 is 10.5 Å². The molecule has 29 heavy (non-hydrogen) atoms. The minimum absolute atomic E-state index is 0.0765. The first kappa shape index (κ1) is 21.3. The van der Waals surface area contributed by atoms with Gasteiger partial charge in [-0.2, -0.15) is 0 Å². The highest BCUT2D eigenvalue weighted by atomic mass is 32.2. The van der Waals surface area contributed by atoms with Crippen LogP contribution in [-0.4, -0.2) is 40.6 Å². The summed E-state index contributed by atoms with van der Waals surface area (Å²) in [6.45, 7) is 6.70. The smallest absolute Gasteiger partial charge is 0.240 e. The molecule has 0 saturated heterocycles. The maximum Gasteiger partial charge on any atom is 0.240 e. The molecule has 0 aliphatic heterocycles. The predicted molar refractivity (Wildman–Crippen MR) is 114 cm³/mol. The van der Waals surface area contributed by atoms with E-state index in [0.29, 0.717) is 22.0 Å². The molecule has 0 spiro atoms. The number of thiazole rings is 1. The average molecular weight is 434 g/mol. The number of nitrogen functional groups attached to an aromatic ring is 1. The van der Waals surface area contributed by atoms with Gasteiger partial charge >= 0.3 is 0 Å². The summed E-state index contributed by atoms with van der Waals surface area (Å²) in [5.41, 5.74) is 8.12. The molecule has 0 radical (unpaired) electrons. The predicted octanol–water partition coefficient (Wildman–Crippen LogP) is 2.52. The second-order valence-electron chi connectivity index (χ2n) is 7.40. The lowest BCUT2D eigenvalue weighted by Crippen LogP contribution is -2.38. The van der Waals surface area contributed by atoms with Crippen molar-refractivity contribution >= 4 is 27.2 Å². The van der Waals surface area contributed by atoms with Crippen molar-refractivity contribution in [2.75, 3.05) is 12.3 Å². The summed E-state index contributed by atoms with van der Waals surface area (Å²) < 4.78 is 27.7. The van der Waals surface area contributed by atoms with E-state index in [1.165, 1.54) is 37.4 Å². The fraction of sp³-hybridized carbons (Fsp3) is 0.316. The summed E-state index contributed by atoms with van der Waals surface area (Å²) in [5, 5.41) is 12.4. The van der Waals surface area contributed by atoms with Crippen molar-refractivity contribution in [2.24, 2.45) is 0 Å². The Hall–Kier alpha value is -2.40. The molecule has 3 aromatic rings. The standard InChI is InChI=1S/C19H23N5O3S2/c1-11-5-6-13(29(26,27)22-10-19(3,4)25)7-14(11)15-8-21-17(20)16(24-15)18-23-12(2)9-28-18/h5-9,22,25H,10H2,1-4H3,(H2,20,21). The number of nitrogens with two attached hydrogens (primary N) is 1. The maximum absolute atomic E-state index is 12.6. The van der Waals surface area contributed by atoms with Gasteiger partial charge in [0.25, 0.3) is 0 Å². The molecule has 0 amide bonds. The normalized spacial score (nSPS) is 12.3. The van der Waals surface area contributed by atoms with Crippen LogP contribution in [0.2, 0.25) is 0 Å². The van der Waals surface area contributed by atoms with Crippen molar-refractivity contribution in [1.82, 2.24) is 19.7 Å². The first-order chi connectivity index (χ1) is 13.5. The van der Waals surface area contributed by atoms with Crippen LogP contribution in [0.5, 0.6) is 0 Å². The van der Waals surface area contributed by atoms with Gasteiger partial charge in [0.2, 0.25) is 10.0 Å². The molecule has 2 aromatic heterocycles. The molecule has 8 nitrogen and oxygen atoms in total. The largest absolute Gasteiger partial charge is 0.389 e. The molecule has 154 valence electrons. The zero-order valence-corrected chi connectivity index (χ0v) is 18.2. The van der Waals surface area contributed by atoms with E-state index in [1.807, 2.05) is 19.2 Å². The Bertz CT molecular complexity index is 1150. The third-order valence-corrected chi connectivity index (χ3v) is 6.48. The fourth-order valence-electron chi connectivity index (χ4n) is 2.55. The molecule has 0 unspecified atom stereocenters. The molecule has 0 saturated carbocycles. The number of sulfonamides is 1. The van der Waals surface area contributed by atoms with Crippen LogP contribution in [0, 0.1) is 13.8 Å². The van der Waals surface area contributed by atoms with Crippen molar-refractivity contribution in [1.29, 1.82) is 0 Å². The van der Waals surface area contributed by atoms with E-state index in [1.54, 1.807) is 12.1 Å². The third kappa shape index (κ3) is 4.96. The fourth-order valence-corrected chi connectivity index (χ4v) is 4.57. The van der Waals surface area contributed by atoms with Crippen LogP contribution >= 0.6 is 11.3 Å². The molecule has 10 heteroatoms. The first-order valence-corrected chi connectivity index (χ1v) is 11.2. The number of nitrogens with one attached hydrogen (secondary N) is 1. The molecule has 0 atom stereocenters. The number of hydrogen-bond donors (Lipinski definition) is 3. The Morgan fingerprint density at radius 2 is 1.97 bits per heavy atom. The number of aliphatic hydroxyl groups is 1. The van der Waals surface area contributed by atoms with Crippen LogP contribution in [0.1, 0.15) is 25.1 Å².